The van der Waals surface area contributed by atoms with Gasteiger partial charge in [-0.15, -0.1) is 0 Å². The van der Waals surface area contributed by atoms with Crippen LogP contribution in [-0.4, -0.2) is 54.5 Å². The van der Waals surface area contributed by atoms with Gasteiger partial charge in [-0.25, -0.2) is 13.6 Å². The van der Waals surface area contributed by atoms with E-state index in [0.29, 0.717) is 31.7 Å². The van der Waals surface area contributed by atoms with Gasteiger partial charge >= 0.3 is 6.03 Å². The topological polar surface area (TPSA) is 52.7 Å². The van der Waals surface area contributed by atoms with E-state index in [0.717, 1.165) is 12.5 Å². The fourth-order valence-electron chi connectivity index (χ4n) is 2.80. The molecule has 0 saturated carbocycles. The maximum Gasteiger partial charge on any atom is 0.317 e. The van der Waals surface area contributed by atoms with Gasteiger partial charge in [-0.1, -0.05) is 13.0 Å². The van der Waals surface area contributed by atoms with Gasteiger partial charge in [0.05, 0.1) is 0 Å². The van der Waals surface area contributed by atoms with Crippen molar-refractivity contribution in [2.45, 2.75) is 26.2 Å². The molecule has 3 amide bonds. The van der Waals surface area contributed by atoms with Gasteiger partial charge < -0.3 is 15.1 Å². The van der Waals surface area contributed by atoms with E-state index in [9.17, 15) is 18.4 Å². The van der Waals surface area contributed by atoms with Crippen LogP contribution < -0.4 is 5.32 Å². The minimum absolute atomic E-state index is 0.0117. The molecular formula is C17H23F2N3O2. The third kappa shape index (κ3) is 4.66. The second-order valence-corrected chi connectivity index (χ2v) is 6.10. The summed E-state index contributed by atoms with van der Waals surface area (Å²) in [7, 11) is 0. The first-order valence-electron chi connectivity index (χ1n) is 8.11. The van der Waals surface area contributed by atoms with Crippen molar-refractivity contribution >= 4 is 11.9 Å². The molecule has 0 radical (unpaired) electrons. The van der Waals surface area contributed by atoms with Crippen molar-refractivity contribution in [3.63, 3.8) is 0 Å². The Balaban J connectivity index is 1.87. The summed E-state index contributed by atoms with van der Waals surface area (Å²) in [5.74, 6) is -1.48. The monoisotopic (exact) mass is 339 g/mol. The molecule has 0 bridgehead atoms. The molecule has 1 heterocycles. The number of benzene rings is 1. The van der Waals surface area contributed by atoms with Crippen LogP contribution >= 0.6 is 0 Å². The van der Waals surface area contributed by atoms with E-state index < -0.39 is 11.6 Å². The van der Waals surface area contributed by atoms with Crippen molar-refractivity contribution in [1.82, 2.24) is 15.1 Å². The third-order valence-corrected chi connectivity index (χ3v) is 4.28. The van der Waals surface area contributed by atoms with Crippen LogP contribution in [0.4, 0.5) is 13.6 Å². The van der Waals surface area contributed by atoms with Crippen molar-refractivity contribution in [2.24, 2.45) is 0 Å². The number of hydrogen-bond donors (Lipinski definition) is 1. The van der Waals surface area contributed by atoms with E-state index >= 15 is 0 Å². The fourth-order valence-corrected chi connectivity index (χ4v) is 2.80. The molecule has 1 aliphatic heterocycles. The van der Waals surface area contributed by atoms with Gasteiger partial charge in [0.15, 0.2) is 0 Å². The first-order chi connectivity index (χ1) is 11.4. The molecule has 1 aromatic rings. The van der Waals surface area contributed by atoms with E-state index in [1.165, 1.54) is 19.1 Å². The molecule has 1 atom stereocenters. The summed E-state index contributed by atoms with van der Waals surface area (Å²) in [5.41, 5.74) is 0.371. The summed E-state index contributed by atoms with van der Waals surface area (Å²) < 4.78 is 26.7. The molecule has 0 aliphatic carbocycles. The largest absolute Gasteiger partial charge is 0.341 e. The molecule has 0 aromatic heterocycles. The first kappa shape index (κ1) is 18.2. The van der Waals surface area contributed by atoms with Crippen LogP contribution in [0, 0.1) is 11.6 Å². The Morgan fingerprint density at radius 2 is 1.83 bits per heavy atom. The van der Waals surface area contributed by atoms with Crippen LogP contribution in [0.5, 0.6) is 0 Å². The van der Waals surface area contributed by atoms with E-state index in [2.05, 4.69) is 5.32 Å². The van der Waals surface area contributed by atoms with Crippen molar-refractivity contribution in [2.75, 3.05) is 32.7 Å². The van der Waals surface area contributed by atoms with Gasteiger partial charge in [0.1, 0.15) is 11.6 Å². The Labute approximate surface area is 140 Å². The van der Waals surface area contributed by atoms with Gasteiger partial charge in [-0.2, -0.15) is 0 Å². The Bertz CT molecular complexity index is 609. The van der Waals surface area contributed by atoms with Gasteiger partial charge in [0, 0.05) is 51.6 Å². The molecule has 5 nitrogen and oxygen atoms in total. The van der Waals surface area contributed by atoms with E-state index in [1.807, 2.05) is 0 Å². The molecular weight excluding hydrogens is 316 g/mol. The highest BCUT2D eigenvalue weighted by Gasteiger charge is 2.21. The smallest absolute Gasteiger partial charge is 0.317 e. The van der Waals surface area contributed by atoms with Crippen molar-refractivity contribution in [1.29, 1.82) is 0 Å². The van der Waals surface area contributed by atoms with Crippen LogP contribution in [0.15, 0.2) is 18.2 Å². The average molecular weight is 339 g/mol. The first-order valence-corrected chi connectivity index (χ1v) is 8.11. The van der Waals surface area contributed by atoms with Crippen LogP contribution in [0.2, 0.25) is 0 Å². The molecule has 1 unspecified atom stereocenters. The van der Waals surface area contributed by atoms with Gasteiger partial charge in [0.2, 0.25) is 5.91 Å². The Kier molecular flexibility index (Phi) is 6.11. The van der Waals surface area contributed by atoms with Crippen LogP contribution in [0.3, 0.4) is 0 Å². The number of amides is 3. The lowest BCUT2D eigenvalue weighted by Gasteiger charge is -2.23. The van der Waals surface area contributed by atoms with E-state index in [-0.39, 0.29) is 24.4 Å². The maximum atomic E-state index is 13.8. The van der Waals surface area contributed by atoms with Crippen LogP contribution in [0.1, 0.15) is 31.7 Å². The summed E-state index contributed by atoms with van der Waals surface area (Å²) in [4.78, 5) is 27.0. The molecule has 1 aliphatic rings. The van der Waals surface area contributed by atoms with Crippen molar-refractivity contribution < 1.29 is 18.4 Å². The van der Waals surface area contributed by atoms with Crippen LogP contribution in [0.25, 0.3) is 0 Å². The normalized spacial score (nSPS) is 16.5. The number of urea groups is 1. The lowest BCUT2D eigenvalue weighted by atomic mass is 10.0. The van der Waals surface area contributed by atoms with Crippen molar-refractivity contribution in [3.05, 3.63) is 35.4 Å². The molecule has 7 heteroatoms. The summed E-state index contributed by atoms with van der Waals surface area (Å²) in [5, 5.41) is 2.79. The number of hydrogen-bond acceptors (Lipinski definition) is 2. The zero-order valence-corrected chi connectivity index (χ0v) is 14.0. The van der Waals surface area contributed by atoms with E-state index in [4.69, 9.17) is 0 Å². The lowest BCUT2D eigenvalue weighted by molar-refractivity contribution is -0.128. The second-order valence-electron chi connectivity index (χ2n) is 6.10. The molecule has 1 N–H and O–H groups in total. The summed E-state index contributed by atoms with van der Waals surface area (Å²) in [6.45, 7) is 5.78. The molecule has 24 heavy (non-hydrogen) atoms. The Morgan fingerprint density at radius 3 is 2.50 bits per heavy atom. The SMILES string of the molecule is CC(=O)N1CCCN(C(=O)NCC(C)c2ccc(F)cc2F)CC1. The number of nitrogens with one attached hydrogen (secondary N) is 1. The minimum Gasteiger partial charge on any atom is -0.341 e. The summed E-state index contributed by atoms with van der Waals surface area (Å²) >= 11 is 0. The maximum absolute atomic E-state index is 13.8. The molecule has 2 rings (SSSR count). The minimum atomic E-state index is -0.618. The number of halogens is 2. The zero-order valence-electron chi connectivity index (χ0n) is 14.0. The Hall–Kier alpha value is -2.18. The highest BCUT2D eigenvalue weighted by atomic mass is 19.1. The average Bonchev–Trinajstić information content (AvgIpc) is 2.78. The molecule has 132 valence electrons. The highest BCUT2D eigenvalue weighted by molar-refractivity contribution is 5.75. The summed E-state index contributed by atoms with van der Waals surface area (Å²) in [6.07, 6.45) is 0.731. The molecule has 1 fully saturated rings. The standard InChI is InChI=1S/C17H23F2N3O2/c1-12(15-5-4-14(18)10-16(15)19)11-20-17(24)22-7-3-6-21(8-9-22)13(2)23/h4-5,10,12H,3,6-9,11H2,1-2H3,(H,20,24). The van der Waals surface area contributed by atoms with Gasteiger partial charge in [0.25, 0.3) is 0 Å². The second kappa shape index (κ2) is 8.08. The number of rotatable bonds is 3. The molecule has 0 spiro atoms. The quantitative estimate of drug-likeness (QED) is 0.919. The lowest BCUT2D eigenvalue weighted by Crippen LogP contribution is -2.43. The predicted octanol–water partition coefficient (Wildman–Crippen LogP) is 2.33. The zero-order chi connectivity index (χ0) is 17.7. The fraction of sp³-hybridized carbons (Fsp3) is 0.529. The highest BCUT2D eigenvalue weighted by Crippen LogP contribution is 2.19. The van der Waals surface area contributed by atoms with E-state index in [1.54, 1.807) is 16.7 Å². The number of nitrogens with zero attached hydrogens (tertiary/aromatic N) is 2. The van der Waals surface area contributed by atoms with Gasteiger partial charge in [-0.05, 0) is 18.1 Å². The number of carbonyl (C=O) groups excluding carboxylic acids is 2. The Morgan fingerprint density at radius 1 is 1.17 bits per heavy atom. The number of carbonyl (C=O) groups is 2. The predicted molar refractivity (Wildman–Crippen MR) is 86.6 cm³/mol. The molecule has 1 saturated heterocycles. The van der Waals surface area contributed by atoms with Crippen molar-refractivity contribution in [3.8, 4) is 0 Å². The van der Waals surface area contributed by atoms with Gasteiger partial charge in [-0.3, -0.25) is 4.79 Å². The third-order valence-electron chi connectivity index (χ3n) is 4.28. The summed E-state index contributed by atoms with van der Waals surface area (Å²) in [6, 6.07) is 3.23. The molecule has 1 aromatic carbocycles. The van der Waals surface area contributed by atoms with Crippen LogP contribution in [-0.2, 0) is 4.79 Å².